The summed E-state index contributed by atoms with van der Waals surface area (Å²) < 4.78 is 5.84. The molecule has 1 nitrogen and oxygen atoms in total. The molecule has 0 heterocycles. The fraction of sp³-hybridized carbons (Fsp3) is 0.556. The number of para-hydroxylation sites is 1. The van der Waals surface area contributed by atoms with E-state index in [2.05, 4.69) is 18.8 Å². The third-order valence-corrected chi connectivity index (χ3v) is 3.27. The topological polar surface area (TPSA) is 9.23 Å². The summed E-state index contributed by atoms with van der Waals surface area (Å²) in [5, 5.41) is 0. The molecule has 20 heavy (non-hydrogen) atoms. The van der Waals surface area contributed by atoms with Crippen molar-refractivity contribution >= 4 is 11.6 Å². The van der Waals surface area contributed by atoms with Gasteiger partial charge in [0.15, 0.2) is 0 Å². The van der Waals surface area contributed by atoms with Gasteiger partial charge < -0.3 is 4.74 Å². The molecule has 1 rings (SSSR count). The van der Waals surface area contributed by atoms with E-state index in [9.17, 15) is 0 Å². The molecule has 0 radical (unpaired) electrons. The summed E-state index contributed by atoms with van der Waals surface area (Å²) in [6.45, 7) is 3.02. The van der Waals surface area contributed by atoms with Gasteiger partial charge in [0, 0.05) is 12.3 Å². The van der Waals surface area contributed by atoms with Gasteiger partial charge in [0.05, 0.1) is 12.2 Å². The predicted octanol–water partition coefficient (Wildman–Crippen LogP) is 5.41. The van der Waals surface area contributed by atoms with Crippen molar-refractivity contribution in [2.45, 2.75) is 51.9 Å². The van der Waals surface area contributed by atoms with Gasteiger partial charge in [-0.25, -0.2) is 0 Å². The van der Waals surface area contributed by atoms with Crippen LogP contribution in [0.2, 0.25) is 0 Å². The van der Waals surface area contributed by atoms with Crippen LogP contribution in [0.1, 0.15) is 57.4 Å². The molecule has 2 heteroatoms. The quantitative estimate of drug-likeness (QED) is 0.336. The lowest BCUT2D eigenvalue weighted by Crippen LogP contribution is -1.99. The lowest BCUT2D eigenvalue weighted by molar-refractivity contribution is 0.303. The molecule has 0 spiro atoms. The highest BCUT2D eigenvalue weighted by atomic mass is 35.5. The summed E-state index contributed by atoms with van der Waals surface area (Å²) in [5.74, 6) is 7.65. The average molecular weight is 293 g/mol. The molecule has 110 valence electrons. The van der Waals surface area contributed by atoms with Crippen LogP contribution in [0, 0.1) is 11.8 Å². The molecular weight excluding hydrogens is 268 g/mol. The van der Waals surface area contributed by atoms with Crippen LogP contribution in [-0.4, -0.2) is 12.5 Å². The standard InChI is InChI=1S/C18H25ClO/c1-2-3-4-5-6-11-16-20-18-14-8-7-12-17(18)13-9-10-15-19/h7-8,12,14H,2-6,10-11,15-16H2,1H3. The fourth-order valence-corrected chi connectivity index (χ4v) is 2.06. The van der Waals surface area contributed by atoms with E-state index in [0.717, 1.165) is 24.3 Å². The van der Waals surface area contributed by atoms with Gasteiger partial charge in [0.25, 0.3) is 0 Å². The zero-order chi connectivity index (χ0) is 14.5. The van der Waals surface area contributed by atoms with Gasteiger partial charge in [-0.2, -0.15) is 0 Å². The van der Waals surface area contributed by atoms with Crippen molar-refractivity contribution in [3.8, 4) is 17.6 Å². The first-order valence-corrected chi connectivity index (χ1v) is 8.18. The molecule has 0 unspecified atom stereocenters. The molecule has 0 atom stereocenters. The van der Waals surface area contributed by atoms with Crippen LogP contribution in [0.4, 0.5) is 0 Å². The highest BCUT2D eigenvalue weighted by molar-refractivity contribution is 6.18. The Morgan fingerprint density at radius 1 is 1.05 bits per heavy atom. The van der Waals surface area contributed by atoms with Gasteiger partial charge in [0.2, 0.25) is 0 Å². The molecule has 0 saturated carbocycles. The Morgan fingerprint density at radius 3 is 2.60 bits per heavy atom. The number of rotatable bonds is 9. The molecule has 0 N–H and O–H groups in total. The van der Waals surface area contributed by atoms with Gasteiger partial charge in [-0.05, 0) is 18.6 Å². The molecule has 0 bridgehead atoms. The first kappa shape index (κ1) is 16.9. The third kappa shape index (κ3) is 7.46. The molecular formula is C18H25ClO. The van der Waals surface area contributed by atoms with Crippen molar-refractivity contribution < 1.29 is 4.74 Å². The number of benzene rings is 1. The largest absolute Gasteiger partial charge is 0.492 e. The fourth-order valence-electron chi connectivity index (χ4n) is 1.97. The van der Waals surface area contributed by atoms with Crippen LogP contribution >= 0.6 is 11.6 Å². The van der Waals surface area contributed by atoms with Crippen LogP contribution in [0.5, 0.6) is 5.75 Å². The summed E-state index contributed by atoms with van der Waals surface area (Å²) in [4.78, 5) is 0. The van der Waals surface area contributed by atoms with Crippen LogP contribution < -0.4 is 4.74 Å². The number of hydrogen-bond donors (Lipinski definition) is 0. The van der Waals surface area contributed by atoms with E-state index in [1.54, 1.807) is 0 Å². The van der Waals surface area contributed by atoms with Crippen LogP contribution in [0.3, 0.4) is 0 Å². The predicted molar refractivity (Wildman–Crippen MR) is 87.5 cm³/mol. The second kappa shape index (κ2) is 11.7. The summed E-state index contributed by atoms with van der Waals surface area (Å²) >= 11 is 5.63. The van der Waals surface area contributed by atoms with E-state index < -0.39 is 0 Å². The smallest absolute Gasteiger partial charge is 0.134 e. The Kier molecular flexibility index (Phi) is 9.88. The molecule has 0 aliphatic carbocycles. The highest BCUT2D eigenvalue weighted by Crippen LogP contribution is 2.17. The van der Waals surface area contributed by atoms with Crippen molar-refractivity contribution in [3.63, 3.8) is 0 Å². The Morgan fingerprint density at radius 2 is 1.80 bits per heavy atom. The Labute approximate surface area is 128 Å². The minimum Gasteiger partial charge on any atom is -0.492 e. The Bertz CT molecular complexity index is 417. The molecule has 0 fully saturated rings. The molecule has 0 aliphatic heterocycles. The van der Waals surface area contributed by atoms with Crippen LogP contribution in [-0.2, 0) is 0 Å². The second-order valence-electron chi connectivity index (χ2n) is 4.85. The average Bonchev–Trinajstić information content (AvgIpc) is 2.48. The van der Waals surface area contributed by atoms with E-state index in [0.29, 0.717) is 12.3 Å². The summed E-state index contributed by atoms with van der Waals surface area (Å²) in [7, 11) is 0. The number of hydrogen-bond acceptors (Lipinski definition) is 1. The molecule has 1 aromatic carbocycles. The lowest BCUT2D eigenvalue weighted by Gasteiger charge is -2.08. The zero-order valence-corrected chi connectivity index (χ0v) is 13.2. The third-order valence-electron chi connectivity index (χ3n) is 3.09. The van der Waals surface area contributed by atoms with Gasteiger partial charge in [-0.1, -0.05) is 63.0 Å². The van der Waals surface area contributed by atoms with Crippen molar-refractivity contribution in [3.05, 3.63) is 29.8 Å². The first-order chi connectivity index (χ1) is 9.88. The normalized spacial score (nSPS) is 9.90. The van der Waals surface area contributed by atoms with Crippen LogP contribution in [0.25, 0.3) is 0 Å². The van der Waals surface area contributed by atoms with Crippen molar-refractivity contribution in [2.24, 2.45) is 0 Å². The van der Waals surface area contributed by atoms with Crippen molar-refractivity contribution in [1.29, 1.82) is 0 Å². The monoisotopic (exact) mass is 292 g/mol. The van der Waals surface area contributed by atoms with Crippen LogP contribution in [0.15, 0.2) is 24.3 Å². The van der Waals surface area contributed by atoms with Gasteiger partial charge in [-0.3, -0.25) is 0 Å². The highest BCUT2D eigenvalue weighted by Gasteiger charge is 1.99. The molecule has 0 aliphatic rings. The first-order valence-electron chi connectivity index (χ1n) is 7.65. The maximum atomic E-state index is 5.84. The summed E-state index contributed by atoms with van der Waals surface area (Å²) in [5.41, 5.74) is 0.962. The van der Waals surface area contributed by atoms with E-state index >= 15 is 0 Å². The minimum absolute atomic E-state index is 0.577. The SMILES string of the molecule is CCCCCCCCOc1ccccc1C#CCCCl. The van der Waals surface area contributed by atoms with E-state index in [1.165, 1.54) is 32.1 Å². The Balaban J connectivity index is 2.31. The Hall–Kier alpha value is -1.13. The number of alkyl halides is 1. The zero-order valence-electron chi connectivity index (χ0n) is 12.5. The number of halogens is 1. The minimum atomic E-state index is 0.577. The number of ether oxygens (including phenoxy) is 1. The second-order valence-corrected chi connectivity index (χ2v) is 5.23. The van der Waals surface area contributed by atoms with E-state index in [1.807, 2.05) is 24.3 Å². The van der Waals surface area contributed by atoms with E-state index in [-0.39, 0.29) is 0 Å². The summed E-state index contributed by atoms with van der Waals surface area (Å²) in [6, 6.07) is 7.96. The molecule has 1 aromatic rings. The summed E-state index contributed by atoms with van der Waals surface area (Å²) in [6.07, 6.45) is 8.39. The van der Waals surface area contributed by atoms with E-state index in [4.69, 9.17) is 16.3 Å². The lowest BCUT2D eigenvalue weighted by atomic mass is 10.1. The van der Waals surface area contributed by atoms with Crippen molar-refractivity contribution in [1.82, 2.24) is 0 Å². The number of unbranched alkanes of at least 4 members (excludes halogenated alkanes) is 5. The van der Waals surface area contributed by atoms with Gasteiger partial charge in [0.1, 0.15) is 5.75 Å². The maximum Gasteiger partial charge on any atom is 0.134 e. The van der Waals surface area contributed by atoms with Gasteiger partial charge in [-0.15, -0.1) is 11.6 Å². The molecule has 0 amide bonds. The van der Waals surface area contributed by atoms with Crippen molar-refractivity contribution in [2.75, 3.05) is 12.5 Å². The molecule has 0 aromatic heterocycles. The molecule has 0 saturated heterocycles. The maximum absolute atomic E-state index is 5.84. The van der Waals surface area contributed by atoms with Gasteiger partial charge >= 0.3 is 0 Å².